The summed E-state index contributed by atoms with van der Waals surface area (Å²) in [6.07, 6.45) is 6.80. The topological polar surface area (TPSA) is 40.0 Å². The van der Waals surface area contributed by atoms with E-state index in [2.05, 4.69) is 18.2 Å². The number of hydrogen-bond donors (Lipinski definition) is 0. The molecule has 1 heterocycles. The van der Waals surface area contributed by atoms with E-state index in [9.17, 15) is 0 Å². The van der Waals surface area contributed by atoms with Crippen LogP contribution in [0, 0.1) is 0 Å². The summed E-state index contributed by atoms with van der Waals surface area (Å²) in [6, 6.07) is 0.825. The van der Waals surface area contributed by atoms with Gasteiger partial charge in [-0.2, -0.15) is 0 Å². The Bertz CT molecular complexity index is 262. The van der Waals surface area contributed by atoms with Crippen molar-refractivity contribution >= 4 is 15.1 Å². The normalized spacial score (nSPS) is 22.8. The van der Waals surface area contributed by atoms with Crippen molar-refractivity contribution in [2.24, 2.45) is 4.99 Å². The maximum absolute atomic E-state index is 5.37. The fourth-order valence-electron chi connectivity index (χ4n) is 1.74. The van der Waals surface area contributed by atoms with Gasteiger partial charge in [-0.3, -0.25) is 4.48 Å². The van der Waals surface area contributed by atoms with E-state index < -0.39 is 8.80 Å². The molecule has 1 aliphatic heterocycles. The zero-order chi connectivity index (χ0) is 12.1. The van der Waals surface area contributed by atoms with Crippen molar-refractivity contribution in [3.8, 4) is 0 Å². The first-order valence-electron chi connectivity index (χ1n) is 5.32. The zero-order valence-electron chi connectivity index (χ0n) is 10.9. The molecule has 0 N–H and O–H groups in total. The minimum absolute atomic E-state index is 0. The Labute approximate surface area is 115 Å². The Balaban J connectivity index is 0.00000256. The van der Waals surface area contributed by atoms with Crippen molar-refractivity contribution < 1.29 is 34.7 Å². The van der Waals surface area contributed by atoms with Crippen molar-refractivity contribution in [1.29, 1.82) is 0 Å². The molecule has 0 spiro atoms. The van der Waals surface area contributed by atoms with E-state index in [1.54, 1.807) is 21.3 Å². The van der Waals surface area contributed by atoms with Gasteiger partial charge in [-0.15, -0.1) is 0 Å². The van der Waals surface area contributed by atoms with Crippen molar-refractivity contribution in [3.63, 3.8) is 0 Å². The standard InChI is InChI=1S/C10H21N2O3Si.BrH/c1-12(8-6-11-10-12)7-5-9-16(13-2,14-3)15-4;/h6,8,10H,5,7,9H2,1-4H3;1H/q+1;/p-1. The molecule has 0 aromatic carbocycles. The molecular weight excluding hydrogens is 304 g/mol. The van der Waals surface area contributed by atoms with Crippen LogP contribution >= 0.6 is 0 Å². The molecule has 0 saturated heterocycles. The lowest BCUT2D eigenvalue weighted by Crippen LogP contribution is -3.00. The maximum Gasteiger partial charge on any atom is 0.500 e. The number of halogens is 1. The van der Waals surface area contributed by atoms with Crippen molar-refractivity contribution in [3.05, 3.63) is 12.4 Å². The van der Waals surface area contributed by atoms with E-state index >= 15 is 0 Å². The van der Waals surface area contributed by atoms with E-state index in [4.69, 9.17) is 13.3 Å². The summed E-state index contributed by atoms with van der Waals surface area (Å²) >= 11 is 0. The lowest BCUT2D eigenvalue weighted by atomic mass is 10.4. The van der Waals surface area contributed by atoms with Gasteiger partial charge in [0, 0.05) is 33.8 Å². The lowest BCUT2D eigenvalue weighted by Gasteiger charge is -2.26. The van der Waals surface area contributed by atoms with Gasteiger partial charge in [-0.05, 0) is 0 Å². The van der Waals surface area contributed by atoms with E-state index in [-0.39, 0.29) is 17.0 Å². The lowest BCUT2D eigenvalue weighted by molar-refractivity contribution is -0.756. The zero-order valence-corrected chi connectivity index (χ0v) is 13.4. The molecule has 7 heteroatoms. The number of hydrogen-bond acceptors (Lipinski definition) is 4. The van der Waals surface area contributed by atoms with Crippen LogP contribution < -0.4 is 17.0 Å². The summed E-state index contributed by atoms with van der Waals surface area (Å²) in [7, 11) is 4.65. The van der Waals surface area contributed by atoms with Crippen LogP contribution in [0.15, 0.2) is 17.4 Å². The predicted molar refractivity (Wildman–Crippen MR) is 64.9 cm³/mol. The Kier molecular flexibility index (Phi) is 7.37. The third-order valence-corrected chi connectivity index (χ3v) is 5.71. The van der Waals surface area contributed by atoms with Gasteiger partial charge in [0.1, 0.15) is 6.20 Å². The highest BCUT2D eigenvalue weighted by molar-refractivity contribution is 6.60. The second-order valence-corrected chi connectivity index (χ2v) is 7.12. The second kappa shape index (κ2) is 7.40. The number of nitrogens with zero attached hydrogens (tertiary/aromatic N) is 2. The Morgan fingerprint density at radius 1 is 1.18 bits per heavy atom. The summed E-state index contributed by atoms with van der Waals surface area (Å²) in [4.78, 5) is 4.10. The predicted octanol–water partition coefficient (Wildman–Crippen LogP) is -1.78. The van der Waals surface area contributed by atoms with Gasteiger partial charge in [0.25, 0.3) is 0 Å². The van der Waals surface area contributed by atoms with Crippen LogP contribution in [-0.2, 0) is 13.3 Å². The highest BCUT2D eigenvalue weighted by Crippen LogP contribution is 2.17. The van der Waals surface area contributed by atoms with E-state index in [0.717, 1.165) is 23.5 Å². The molecule has 1 unspecified atom stereocenters. The van der Waals surface area contributed by atoms with Gasteiger partial charge in [0.2, 0.25) is 0 Å². The van der Waals surface area contributed by atoms with Gasteiger partial charge in [0.15, 0.2) is 6.34 Å². The first-order chi connectivity index (χ1) is 7.60. The molecule has 5 nitrogen and oxygen atoms in total. The van der Waals surface area contributed by atoms with E-state index in [1.807, 2.05) is 12.5 Å². The summed E-state index contributed by atoms with van der Waals surface area (Å²) in [6.45, 7) is 0.977. The highest BCUT2D eigenvalue weighted by atomic mass is 79.9. The van der Waals surface area contributed by atoms with E-state index in [0.29, 0.717) is 0 Å². The minimum Gasteiger partial charge on any atom is -1.00 e. The van der Waals surface area contributed by atoms with Crippen molar-refractivity contribution in [2.45, 2.75) is 12.5 Å². The molecular formula is C10H21BrN2O3Si. The average molecular weight is 325 g/mol. The van der Waals surface area contributed by atoms with Crippen LogP contribution in [0.3, 0.4) is 0 Å². The SMILES string of the molecule is CO[Si](CCC[N+]1(C)C=CN=C1)(OC)OC.[Br-]. The van der Waals surface area contributed by atoms with Gasteiger partial charge in [-0.25, -0.2) is 4.99 Å². The van der Waals surface area contributed by atoms with Gasteiger partial charge < -0.3 is 30.3 Å². The molecule has 1 rings (SSSR count). The van der Waals surface area contributed by atoms with Crippen molar-refractivity contribution in [2.75, 3.05) is 34.9 Å². The highest BCUT2D eigenvalue weighted by Gasteiger charge is 2.38. The third-order valence-electron chi connectivity index (χ3n) is 2.88. The second-order valence-electron chi connectivity index (χ2n) is 4.03. The minimum atomic E-state index is -2.40. The quantitative estimate of drug-likeness (QED) is 0.410. The van der Waals surface area contributed by atoms with Crippen LogP contribution in [0.1, 0.15) is 6.42 Å². The Morgan fingerprint density at radius 2 is 1.76 bits per heavy atom. The third kappa shape index (κ3) is 4.61. The monoisotopic (exact) mass is 324 g/mol. The van der Waals surface area contributed by atoms with Crippen LogP contribution in [0.4, 0.5) is 0 Å². The molecule has 17 heavy (non-hydrogen) atoms. The van der Waals surface area contributed by atoms with Gasteiger partial charge in [-0.1, -0.05) is 0 Å². The fourth-order valence-corrected chi connectivity index (χ4v) is 3.45. The molecule has 0 aliphatic carbocycles. The summed E-state index contributed by atoms with van der Waals surface area (Å²) < 4.78 is 16.8. The fraction of sp³-hybridized carbons (Fsp3) is 0.700. The Morgan fingerprint density at radius 3 is 2.18 bits per heavy atom. The molecule has 0 fully saturated rings. The largest absolute Gasteiger partial charge is 1.00 e. The first-order valence-corrected chi connectivity index (χ1v) is 7.25. The summed E-state index contributed by atoms with van der Waals surface area (Å²) in [5.41, 5.74) is 0. The average Bonchev–Trinajstić information content (AvgIpc) is 2.73. The van der Waals surface area contributed by atoms with Gasteiger partial charge in [0.05, 0.1) is 19.8 Å². The molecule has 1 atom stereocenters. The molecule has 0 aromatic rings. The number of quaternary nitrogens is 1. The van der Waals surface area contributed by atoms with Crippen LogP contribution in [0.2, 0.25) is 6.04 Å². The van der Waals surface area contributed by atoms with Crippen molar-refractivity contribution in [1.82, 2.24) is 0 Å². The molecule has 1 aliphatic rings. The molecule has 0 bridgehead atoms. The van der Waals surface area contributed by atoms with E-state index in [1.165, 1.54) is 0 Å². The number of rotatable bonds is 7. The molecule has 0 saturated carbocycles. The Hall–Kier alpha value is -0.0531. The summed E-state index contributed by atoms with van der Waals surface area (Å²) in [5.74, 6) is 0. The first kappa shape index (κ1) is 16.9. The molecule has 0 radical (unpaired) electrons. The van der Waals surface area contributed by atoms with Crippen LogP contribution in [-0.4, -0.2) is 54.5 Å². The molecule has 100 valence electrons. The number of aliphatic imine (C=N–C) groups is 1. The van der Waals surface area contributed by atoms with Gasteiger partial charge >= 0.3 is 8.80 Å². The molecule has 0 amide bonds. The maximum atomic E-state index is 5.37. The molecule has 0 aromatic heterocycles. The summed E-state index contributed by atoms with van der Waals surface area (Å²) in [5, 5.41) is 0. The smallest absolute Gasteiger partial charge is 0.500 e. The van der Waals surface area contributed by atoms with Crippen LogP contribution in [0.25, 0.3) is 0 Å². The van der Waals surface area contributed by atoms with Crippen LogP contribution in [0.5, 0.6) is 0 Å².